The Bertz CT molecular complexity index is 1080. The molecule has 0 aliphatic carbocycles. The third kappa shape index (κ3) is 3.59. The first-order chi connectivity index (χ1) is 13.2. The number of hydrogen-bond acceptors (Lipinski definition) is 2. The number of H-pyrrole nitrogens is 1. The molecule has 0 unspecified atom stereocenters. The van der Waals surface area contributed by atoms with Gasteiger partial charge in [-0.25, -0.2) is 0 Å². The summed E-state index contributed by atoms with van der Waals surface area (Å²) in [6, 6.07) is 18.8. The van der Waals surface area contributed by atoms with Crippen LogP contribution < -0.4 is 10.9 Å². The predicted molar refractivity (Wildman–Crippen MR) is 103 cm³/mol. The number of carbonyl (C=O) groups is 2. The summed E-state index contributed by atoms with van der Waals surface area (Å²) in [5.74, 6) is -0.640. The minimum atomic E-state index is -0.360. The number of hydrazine groups is 1. The van der Waals surface area contributed by atoms with Crippen LogP contribution in [-0.4, -0.2) is 21.4 Å². The highest BCUT2D eigenvalue weighted by Gasteiger charge is 2.11. The fourth-order valence-electron chi connectivity index (χ4n) is 2.99. The molecule has 0 radical (unpaired) electrons. The first kappa shape index (κ1) is 16.7. The molecule has 6 nitrogen and oxygen atoms in total. The lowest BCUT2D eigenvalue weighted by Crippen LogP contribution is -2.42. The first-order valence-corrected chi connectivity index (χ1v) is 8.58. The molecule has 2 aromatic carbocycles. The Morgan fingerprint density at radius 3 is 2.41 bits per heavy atom. The molecule has 0 saturated carbocycles. The topological polar surface area (TPSA) is 78.9 Å². The molecular formula is C21H18N4O2. The molecule has 0 saturated heterocycles. The van der Waals surface area contributed by atoms with Gasteiger partial charge in [-0.1, -0.05) is 18.2 Å². The van der Waals surface area contributed by atoms with Gasteiger partial charge in [0.15, 0.2) is 0 Å². The van der Waals surface area contributed by atoms with E-state index in [9.17, 15) is 9.59 Å². The number of hydrogen-bond donors (Lipinski definition) is 3. The number of amides is 2. The number of fused-ring (bicyclic) bond motifs is 1. The fourth-order valence-corrected chi connectivity index (χ4v) is 2.99. The number of aromatic nitrogens is 2. The number of carbonyl (C=O) groups excluding carboxylic acids is 2. The highest BCUT2D eigenvalue weighted by molar-refractivity contribution is 5.96. The molecule has 27 heavy (non-hydrogen) atoms. The lowest BCUT2D eigenvalue weighted by atomic mass is 10.1. The summed E-state index contributed by atoms with van der Waals surface area (Å²) in [6.07, 6.45) is 5.85. The molecule has 0 spiro atoms. The summed E-state index contributed by atoms with van der Waals surface area (Å²) in [4.78, 5) is 27.5. The van der Waals surface area contributed by atoms with Crippen LogP contribution in [0.5, 0.6) is 0 Å². The summed E-state index contributed by atoms with van der Waals surface area (Å²) in [6.45, 7) is 0. The Balaban J connectivity index is 1.35. The number of nitrogens with one attached hydrogen (secondary N) is 3. The normalized spacial score (nSPS) is 10.7. The second kappa shape index (κ2) is 7.21. The van der Waals surface area contributed by atoms with E-state index in [2.05, 4.69) is 15.8 Å². The number of nitrogens with zero attached hydrogens (tertiary/aromatic N) is 1. The van der Waals surface area contributed by atoms with Gasteiger partial charge in [0.25, 0.3) is 5.91 Å². The van der Waals surface area contributed by atoms with Gasteiger partial charge in [0.2, 0.25) is 5.91 Å². The maximum Gasteiger partial charge on any atom is 0.269 e. The lowest BCUT2D eigenvalue weighted by Gasteiger charge is -2.08. The zero-order valence-corrected chi connectivity index (χ0v) is 14.5. The van der Waals surface area contributed by atoms with Gasteiger partial charge in [0.05, 0.1) is 6.42 Å². The number of para-hydroxylation sites is 1. The average Bonchev–Trinajstić information content (AvgIpc) is 3.37. The first-order valence-electron chi connectivity index (χ1n) is 8.58. The number of rotatable bonds is 4. The minimum absolute atomic E-state index is 0.177. The van der Waals surface area contributed by atoms with E-state index in [1.54, 1.807) is 12.1 Å². The summed E-state index contributed by atoms with van der Waals surface area (Å²) in [5, 5.41) is 1.000. The van der Waals surface area contributed by atoms with E-state index in [0.29, 0.717) is 5.56 Å². The van der Waals surface area contributed by atoms with Crippen molar-refractivity contribution in [2.24, 2.45) is 0 Å². The summed E-state index contributed by atoms with van der Waals surface area (Å²) < 4.78 is 1.95. The molecule has 0 atom stereocenters. The van der Waals surface area contributed by atoms with Crippen LogP contribution in [-0.2, 0) is 11.2 Å². The second-order valence-corrected chi connectivity index (χ2v) is 6.18. The van der Waals surface area contributed by atoms with Crippen molar-refractivity contribution in [2.75, 3.05) is 0 Å². The third-order valence-corrected chi connectivity index (χ3v) is 4.37. The number of benzene rings is 2. The third-order valence-electron chi connectivity index (χ3n) is 4.37. The van der Waals surface area contributed by atoms with Crippen LogP contribution in [0.25, 0.3) is 16.6 Å². The highest BCUT2D eigenvalue weighted by atomic mass is 16.2. The largest absolute Gasteiger partial charge is 0.361 e. The van der Waals surface area contributed by atoms with E-state index in [4.69, 9.17) is 0 Å². The van der Waals surface area contributed by atoms with E-state index < -0.39 is 0 Å². The standard InChI is InChI=1S/C21H18N4O2/c26-20(13-16-14-22-19-6-2-1-5-18(16)19)23-24-21(27)15-7-9-17(10-8-15)25-11-3-4-12-25/h1-12,14,22H,13H2,(H,23,26)(H,24,27). The molecule has 6 heteroatoms. The molecule has 2 heterocycles. The Kier molecular flexibility index (Phi) is 4.45. The molecule has 3 N–H and O–H groups in total. The lowest BCUT2D eigenvalue weighted by molar-refractivity contribution is -0.121. The molecule has 0 aliphatic rings. The maximum absolute atomic E-state index is 12.2. The van der Waals surface area contributed by atoms with Crippen molar-refractivity contribution >= 4 is 22.7 Å². The van der Waals surface area contributed by atoms with E-state index in [-0.39, 0.29) is 18.2 Å². The summed E-state index contributed by atoms with van der Waals surface area (Å²) in [5.41, 5.74) is 8.22. The van der Waals surface area contributed by atoms with E-state index in [1.807, 2.05) is 71.7 Å². The quantitative estimate of drug-likeness (QED) is 0.491. The van der Waals surface area contributed by atoms with Crippen molar-refractivity contribution in [3.8, 4) is 5.69 Å². The smallest absolute Gasteiger partial charge is 0.269 e. The van der Waals surface area contributed by atoms with Gasteiger partial charge in [-0.3, -0.25) is 20.4 Å². The molecule has 4 aromatic rings. The molecule has 0 bridgehead atoms. The van der Waals surface area contributed by atoms with Crippen LogP contribution in [0.2, 0.25) is 0 Å². The Morgan fingerprint density at radius 1 is 0.889 bits per heavy atom. The Labute approximate surface area is 155 Å². The Hall–Kier alpha value is -3.80. The number of aromatic amines is 1. The zero-order valence-electron chi connectivity index (χ0n) is 14.5. The zero-order chi connectivity index (χ0) is 18.6. The van der Waals surface area contributed by atoms with E-state index in [1.165, 1.54) is 0 Å². The second-order valence-electron chi connectivity index (χ2n) is 6.18. The van der Waals surface area contributed by atoms with Crippen molar-refractivity contribution in [3.05, 3.63) is 90.4 Å². The van der Waals surface area contributed by atoms with Crippen molar-refractivity contribution in [2.45, 2.75) is 6.42 Å². The van der Waals surface area contributed by atoms with Crippen molar-refractivity contribution in [1.29, 1.82) is 0 Å². The minimum Gasteiger partial charge on any atom is -0.361 e. The molecule has 134 valence electrons. The monoisotopic (exact) mass is 358 g/mol. The average molecular weight is 358 g/mol. The van der Waals surface area contributed by atoms with Crippen LogP contribution in [0, 0.1) is 0 Å². The SMILES string of the molecule is O=C(Cc1c[nH]c2ccccc12)NNC(=O)c1ccc(-n2cccc2)cc1. The van der Waals surface area contributed by atoms with Gasteiger partial charge in [-0.2, -0.15) is 0 Å². The van der Waals surface area contributed by atoms with Gasteiger partial charge >= 0.3 is 0 Å². The van der Waals surface area contributed by atoms with Gasteiger partial charge in [0.1, 0.15) is 0 Å². The molecule has 0 fully saturated rings. The molecule has 4 rings (SSSR count). The van der Waals surface area contributed by atoms with Crippen molar-refractivity contribution < 1.29 is 9.59 Å². The maximum atomic E-state index is 12.2. The Morgan fingerprint density at radius 2 is 1.63 bits per heavy atom. The predicted octanol–water partition coefficient (Wildman–Crippen LogP) is 2.96. The fraction of sp³-hybridized carbons (Fsp3) is 0.0476. The summed E-state index contributed by atoms with van der Waals surface area (Å²) in [7, 11) is 0. The van der Waals surface area contributed by atoms with Gasteiger partial charge in [0, 0.05) is 40.7 Å². The van der Waals surface area contributed by atoms with Crippen molar-refractivity contribution in [3.63, 3.8) is 0 Å². The molecule has 2 amide bonds. The van der Waals surface area contributed by atoms with E-state index in [0.717, 1.165) is 22.2 Å². The molecular weight excluding hydrogens is 340 g/mol. The van der Waals surface area contributed by atoms with Crippen LogP contribution >= 0.6 is 0 Å². The van der Waals surface area contributed by atoms with Gasteiger partial charge in [-0.15, -0.1) is 0 Å². The van der Waals surface area contributed by atoms with Gasteiger partial charge < -0.3 is 9.55 Å². The molecule has 0 aliphatic heterocycles. The van der Waals surface area contributed by atoms with Crippen LogP contribution in [0.4, 0.5) is 0 Å². The van der Waals surface area contributed by atoms with Crippen LogP contribution in [0.3, 0.4) is 0 Å². The molecule has 2 aromatic heterocycles. The van der Waals surface area contributed by atoms with Crippen LogP contribution in [0.1, 0.15) is 15.9 Å². The summed E-state index contributed by atoms with van der Waals surface area (Å²) >= 11 is 0. The van der Waals surface area contributed by atoms with Gasteiger partial charge in [-0.05, 0) is 48.0 Å². The highest BCUT2D eigenvalue weighted by Crippen LogP contribution is 2.17. The van der Waals surface area contributed by atoms with Crippen molar-refractivity contribution in [1.82, 2.24) is 20.4 Å². The van der Waals surface area contributed by atoms with Crippen LogP contribution in [0.15, 0.2) is 79.3 Å². The van der Waals surface area contributed by atoms with E-state index >= 15 is 0 Å².